The first-order chi connectivity index (χ1) is 9.22. The van der Waals surface area contributed by atoms with Crippen molar-refractivity contribution in [2.24, 2.45) is 0 Å². The Morgan fingerprint density at radius 3 is 2.45 bits per heavy atom. The van der Waals surface area contributed by atoms with Crippen molar-refractivity contribution in [1.82, 2.24) is 5.32 Å². The third kappa shape index (κ3) is 2.84. The number of carbonyl (C=O) groups is 2. The number of ether oxygens (including phenoxy) is 1. The van der Waals surface area contributed by atoms with Crippen LogP contribution in [0.15, 0.2) is 30.3 Å². The van der Waals surface area contributed by atoms with Crippen LogP contribution in [0.2, 0.25) is 0 Å². The summed E-state index contributed by atoms with van der Waals surface area (Å²) < 4.78 is 5.47. The monoisotopic (exact) mass is 275 g/mol. The van der Waals surface area contributed by atoms with Crippen molar-refractivity contribution >= 4 is 11.9 Å². The Bertz CT molecular complexity index is 518. The molecule has 1 fully saturated rings. The van der Waals surface area contributed by atoms with Crippen LogP contribution in [0, 0.1) is 0 Å². The third-order valence-corrected chi connectivity index (χ3v) is 3.51. The lowest BCUT2D eigenvalue weighted by Gasteiger charge is -2.32. The molecule has 0 bridgehead atoms. The minimum absolute atomic E-state index is 0.118. The number of hydrogen-bond acceptors (Lipinski definition) is 3. The quantitative estimate of drug-likeness (QED) is 0.843. The molecular weight excluding hydrogens is 254 g/mol. The zero-order valence-electron chi connectivity index (χ0n) is 12.4. The van der Waals surface area contributed by atoms with Gasteiger partial charge in [-0.1, -0.05) is 30.3 Å². The van der Waals surface area contributed by atoms with Gasteiger partial charge in [-0.2, -0.15) is 0 Å². The second kappa shape index (κ2) is 4.93. The van der Waals surface area contributed by atoms with Gasteiger partial charge < -0.3 is 10.1 Å². The van der Waals surface area contributed by atoms with Crippen LogP contribution in [0.5, 0.6) is 0 Å². The van der Waals surface area contributed by atoms with Crippen molar-refractivity contribution in [3.05, 3.63) is 35.9 Å². The molecule has 4 nitrogen and oxygen atoms in total. The van der Waals surface area contributed by atoms with E-state index in [1.165, 1.54) is 0 Å². The molecule has 1 aliphatic heterocycles. The van der Waals surface area contributed by atoms with Gasteiger partial charge in [0.25, 0.3) is 0 Å². The van der Waals surface area contributed by atoms with Gasteiger partial charge in [0.1, 0.15) is 11.1 Å². The van der Waals surface area contributed by atoms with Crippen molar-refractivity contribution in [1.29, 1.82) is 0 Å². The molecule has 108 valence electrons. The molecule has 1 aromatic carbocycles. The van der Waals surface area contributed by atoms with Gasteiger partial charge in [-0.25, -0.2) is 4.79 Å². The van der Waals surface area contributed by atoms with Crippen LogP contribution < -0.4 is 5.32 Å². The molecule has 0 unspecified atom stereocenters. The smallest absolute Gasteiger partial charge is 0.332 e. The Hall–Kier alpha value is -1.84. The Morgan fingerprint density at radius 2 is 1.90 bits per heavy atom. The van der Waals surface area contributed by atoms with Crippen LogP contribution in [0.4, 0.5) is 0 Å². The molecule has 0 aromatic heterocycles. The van der Waals surface area contributed by atoms with Gasteiger partial charge in [0.15, 0.2) is 0 Å². The standard InChI is InChI=1S/C16H21NO3/c1-15(2,3)20-14(19)16(4)12(10-13(18)17-16)11-8-6-5-7-9-11/h5-9,12H,10H2,1-4H3,(H,17,18)/t12-,16-/m1/s1. The molecule has 1 aliphatic rings. The first-order valence-electron chi connectivity index (χ1n) is 6.82. The van der Waals surface area contributed by atoms with E-state index in [0.717, 1.165) is 5.56 Å². The van der Waals surface area contributed by atoms with Crippen molar-refractivity contribution in [3.8, 4) is 0 Å². The van der Waals surface area contributed by atoms with Crippen LogP contribution in [0.25, 0.3) is 0 Å². The van der Waals surface area contributed by atoms with Crippen molar-refractivity contribution < 1.29 is 14.3 Å². The van der Waals surface area contributed by atoms with Gasteiger partial charge in [0, 0.05) is 12.3 Å². The van der Waals surface area contributed by atoms with E-state index < -0.39 is 11.1 Å². The zero-order chi connectivity index (χ0) is 15.0. The van der Waals surface area contributed by atoms with Crippen molar-refractivity contribution in [2.75, 3.05) is 0 Å². The van der Waals surface area contributed by atoms with Crippen LogP contribution in [0.1, 0.15) is 45.6 Å². The van der Waals surface area contributed by atoms with Crippen molar-refractivity contribution in [3.63, 3.8) is 0 Å². The average Bonchev–Trinajstić information content (AvgIpc) is 2.65. The molecular formula is C16H21NO3. The van der Waals surface area contributed by atoms with E-state index in [4.69, 9.17) is 4.74 Å². The minimum Gasteiger partial charge on any atom is -0.458 e. The van der Waals surface area contributed by atoms with Crippen LogP contribution >= 0.6 is 0 Å². The molecule has 0 radical (unpaired) electrons. The highest BCUT2D eigenvalue weighted by Gasteiger charge is 2.51. The van der Waals surface area contributed by atoms with E-state index in [2.05, 4.69) is 5.32 Å². The Labute approximate surface area is 119 Å². The molecule has 2 rings (SSSR count). The zero-order valence-corrected chi connectivity index (χ0v) is 12.4. The molecule has 0 saturated carbocycles. The number of amides is 1. The van der Waals surface area contributed by atoms with Crippen molar-refractivity contribution in [2.45, 2.75) is 51.2 Å². The first-order valence-corrected chi connectivity index (χ1v) is 6.82. The topological polar surface area (TPSA) is 55.4 Å². The summed E-state index contributed by atoms with van der Waals surface area (Å²) in [7, 11) is 0. The largest absolute Gasteiger partial charge is 0.458 e. The predicted octanol–water partition coefficient (Wildman–Crippen LogP) is 2.39. The Morgan fingerprint density at radius 1 is 1.30 bits per heavy atom. The summed E-state index contributed by atoms with van der Waals surface area (Å²) in [4.78, 5) is 24.3. The van der Waals surface area contributed by atoms with E-state index >= 15 is 0 Å². The van der Waals surface area contributed by atoms with E-state index in [1.807, 2.05) is 51.1 Å². The summed E-state index contributed by atoms with van der Waals surface area (Å²) in [5.74, 6) is -0.706. The fourth-order valence-electron chi connectivity index (χ4n) is 2.53. The van der Waals surface area contributed by atoms with E-state index in [-0.39, 0.29) is 17.8 Å². The summed E-state index contributed by atoms with van der Waals surface area (Å²) in [5, 5.41) is 2.79. The van der Waals surface area contributed by atoms with E-state index in [9.17, 15) is 9.59 Å². The van der Waals surface area contributed by atoms with Gasteiger partial charge in [-0.3, -0.25) is 4.79 Å². The number of hydrogen-bond donors (Lipinski definition) is 1. The molecule has 4 heteroatoms. The lowest BCUT2D eigenvalue weighted by molar-refractivity contribution is -0.163. The normalized spacial score (nSPS) is 26.2. The maximum atomic E-state index is 12.5. The van der Waals surface area contributed by atoms with E-state index in [0.29, 0.717) is 6.42 Å². The second-order valence-corrected chi connectivity index (χ2v) is 6.42. The summed E-state index contributed by atoms with van der Waals surface area (Å²) >= 11 is 0. The molecule has 0 aliphatic carbocycles. The van der Waals surface area contributed by atoms with Crippen LogP contribution in [-0.4, -0.2) is 23.0 Å². The molecule has 0 spiro atoms. The maximum absolute atomic E-state index is 12.5. The predicted molar refractivity (Wildman–Crippen MR) is 76.2 cm³/mol. The fraction of sp³-hybridized carbons (Fsp3) is 0.500. The maximum Gasteiger partial charge on any atom is 0.332 e. The average molecular weight is 275 g/mol. The number of esters is 1. The third-order valence-electron chi connectivity index (χ3n) is 3.51. The summed E-state index contributed by atoms with van der Waals surface area (Å²) in [6, 6.07) is 9.61. The Kier molecular flexibility index (Phi) is 3.59. The second-order valence-electron chi connectivity index (χ2n) is 6.42. The number of nitrogens with one attached hydrogen (secondary N) is 1. The Balaban J connectivity index is 2.32. The van der Waals surface area contributed by atoms with Crippen LogP contribution in [0.3, 0.4) is 0 Å². The SMILES string of the molecule is CC(C)(C)OC(=O)[C@]1(C)NC(=O)C[C@@H]1c1ccccc1. The molecule has 1 aromatic rings. The molecule has 20 heavy (non-hydrogen) atoms. The minimum atomic E-state index is -1.01. The van der Waals surface area contributed by atoms with E-state index in [1.54, 1.807) is 6.92 Å². The first kappa shape index (κ1) is 14.6. The number of rotatable bonds is 2. The highest BCUT2D eigenvalue weighted by atomic mass is 16.6. The van der Waals surface area contributed by atoms with Gasteiger partial charge in [0.2, 0.25) is 5.91 Å². The van der Waals surface area contributed by atoms with Gasteiger partial charge in [-0.15, -0.1) is 0 Å². The fourth-order valence-corrected chi connectivity index (χ4v) is 2.53. The molecule has 2 atom stereocenters. The lowest BCUT2D eigenvalue weighted by atomic mass is 9.81. The molecule has 1 saturated heterocycles. The summed E-state index contributed by atoms with van der Waals surface area (Å²) in [5.41, 5.74) is -0.611. The lowest BCUT2D eigenvalue weighted by Crippen LogP contribution is -2.52. The summed E-state index contributed by atoms with van der Waals surface area (Å²) in [6.45, 7) is 7.21. The molecule has 1 heterocycles. The highest BCUT2D eigenvalue weighted by Crippen LogP contribution is 2.37. The number of carbonyl (C=O) groups excluding carboxylic acids is 2. The summed E-state index contributed by atoms with van der Waals surface area (Å²) in [6.07, 6.45) is 0.305. The highest BCUT2D eigenvalue weighted by molar-refractivity contribution is 5.93. The van der Waals surface area contributed by atoms with Gasteiger partial charge in [-0.05, 0) is 33.3 Å². The molecule has 1 amide bonds. The van der Waals surface area contributed by atoms with Crippen LogP contribution in [-0.2, 0) is 14.3 Å². The van der Waals surface area contributed by atoms with Gasteiger partial charge >= 0.3 is 5.97 Å². The molecule has 1 N–H and O–H groups in total. The number of benzene rings is 1. The van der Waals surface area contributed by atoms with Gasteiger partial charge in [0.05, 0.1) is 0 Å².